The van der Waals surface area contributed by atoms with E-state index in [-0.39, 0.29) is 6.04 Å². The van der Waals surface area contributed by atoms with Crippen molar-refractivity contribution in [3.63, 3.8) is 0 Å². The normalized spacial score (nSPS) is 12.9. The Morgan fingerprint density at radius 3 is 2.74 bits per heavy atom. The standard InChI is InChI=1S/C13H12BrN3S2/c14-12-6-5-11(18-12)9(17-15)7-13-16-8-3-1-2-4-10(8)19-13/h1-6,9,17H,7,15H2. The number of hydrogen-bond donors (Lipinski definition) is 2. The average Bonchev–Trinajstić information content (AvgIpc) is 3.01. The van der Waals surface area contributed by atoms with E-state index in [1.807, 2.05) is 24.3 Å². The smallest absolute Gasteiger partial charge is 0.0958 e. The van der Waals surface area contributed by atoms with Gasteiger partial charge in [-0.3, -0.25) is 11.3 Å². The van der Waals surface area contributed by atoms with Crippen molar-refractivity contribution in [2.75, 3.05) is 0 Å². The molecule has 0 fully saturated rings. The van der Waals surface area contributed by atoms with Crippen molar-refractivity contribution in [2.45, 2.75) is 12.5 Å². The SMILES string of the molecule is NNC(Cc1nc2ccccc2s1)c1ccc(Br)s1. The molecule has 0 bridgehead atoms. The molecule has 0 amide bonds. The van der Waals surface area contributed by atoms with E-state index in [9.17, 15) is 0 Å². The molecule has 0 aliphatic heterocycles. The van der Waals surface area contributed by atoms with E-state index in [2.05, 4.69) is 38.5 Å². The lowest BCUT2D eigenvalue weighted by Gasteiger charge is -2.11. The monoisotopic (exact) mass is 353 g/mol. The number of aromatic nitrogens is 1. The van der Waals surface area contributed by atoms with Crippen LogP contribution in [0.4, 0.5) is 0 Å². The number of thiazole rings is 1. The van der Waals surface area contributed by atoms with Crippen LogP contribution in [0.1, 0.15) is 15.9 Å². The van der Waals surface area contributed by atoms with Crippen molar-refractivity contribution in [3.8, 4) is 0 Å². The summed E-state index contributed by atoms with van der Waals surface area (Å²) in [5.41, 5.74) is 3.94. The minimum atomic E-state index is 0.108. The van der Waals surface area contributed by atoms with Crippen molar-refractivity contribution >= 4 is 48.8 Å². The second kappa shape index (κ2) is 5.68. The van der Waals surface area contributed by atoms with Crippen LogP contribution in [-0.4, -0.2) is 4.98 Å². The number of rotatable bonds is 4. The minimum Gasteiger partial charge on any atom is -0.271 e. The molecule has 2 heterocycles. The molecule has 19 heavy (non-hydrogen) atoms. The molecule has 2 aromatic heterocycles. The summed E-state index contributed by atoms with van der Waals surface area (Å²) in [6.45, 7) is 0. The van der Waals surface area contributed by atoms with Crippen molar-refractivity contribution in [1.29, 1.82) is 0 Å². The molecule has 1 atom stereocenters. The predicted octanol–water partition coefficient (Wildman–Crippen LogP) is 3.87. The van der Waals surface area contributed by atoms with Gasteiger partial charge in [-0.15, -0.1) is 22.7 Å². The fraction of sp³-hybridized carbons (Fsp3) is 0.154. The van der Waals surface area contributed by atoms with Gasteiger partial charge in [-0.25, -0.2) is 4.98 Å². The van der Waals surface area contributed by atoms with E-state index in [1.165, 1.54) is 9.58 Å². The molecule has 6 heteroatoms. The van der Waals surface area contributed by atoms with Gasteiger partial charge < -0.3 is 0 Å². The molecule has 0 spiro atoms. The summed E-state index contributed by atoms with van der Waals surface area (Å²) in [4.78, 5) is 5.86. The third kappa shape index (κ3) is 2.88. The molecular formula is C13H12BrN3S2. The van der Waals surface area contributed by atoms with Crippen LogP contribution >= 0.6 is 38.6 Å². The number of nitrogens with zero attached hydrogens (tertiary/aromatic N) is 1. The average molecular weight is 354 g/mol. The number of thiophene rings is 1. The summed E-state index contributed by atoms with van der Waals surface area (Å²) in [5, 5.41) is 1.11. The summed E-state index contributed by atoms with van der Waals surface area (Å²) < 4.78 is 2.34. The first-order valence-electron chi connectivity index (χ1n) is 5.82. The molecule has 3 N–H and O–H groups in total. The summed E-state index contributed by atoms with van der Waals surface area (Å²) in [7, 11) is 0. The molecule has 3 nitrogen and oxygen atoms in total. The molecule has 0 aliphatic carbocycles. The van der Waals surface area contributed by atoms with E-state index in [1.54, 1.807) is 22.7 Å². The molecule has 3 rings (SSSR count). The Morgan fingerprint density at radius 2 is 2.05 bits per heavy atom. The molecule has 1 aromatic carbocycles. The first-order chi connectivity index (χ1) is 9.26. The van der Waals surface area contributed by atoms with Gasteiger partial charge in [0.25, 0.3) is 0 Å². The van der Waals surface area contributed by atoms with Gasteiger partial charge in [0, 0.05) is 11.3 Å². The van der Waals surface area contributed by atoms with Gasteiger partial charge in [0.05, 0.1) is 25.1 Å². The van der Waals surface area contributed by atoms with Crippen LogP contribution < -0.4 is 11.3 Å². The lowest BCUT2D eigenvalue weighted by Crippen LogP contribution is -2.28. The molecular weight excluding hydrogens is 342 g/mol. The van der Waals surface area contributed by atoms with Crippen LogP contribution in [0, 0.1) is 0 Å². The zero-order valence-electron chi connectivity index (χ0n) is 9.97. The number of halogens is 1. The van der Waals surface area contributed by atoms with Crippen LogP contribution in [-0.2, 0) is 6.42 Å². The van der Waals surface area contributed by atoms with Crippen LogP contribution in [0.15, 0.2) is 40.2 Å². The van der Waals surface area contributed by atoms with Gasteiger partial charge in [-0.1, -0.05) is 12.1 Å². The Hall–Kier alpha value is -0.790. The molecule has 3 aromatic rings. The Labute approximate surface area is 127 Å². The van der Waals surface area contributed by atoms with E-state index in [4.69, 9.17) is 5.84 Å². The van der Waals surface area contributed by atoms with Crippen LogP contribution in [0.25, 0.3) is 10.2 Å². The molecule has 0 saturated carbocycles. The highest BCUT2D eigenvalue weighted by molar-refractivity contribution is 9.11. The van der Waals surface area contributed by atoms with Crippen LogP contribution in [0.2, 0.25) is 0 Å². The Kier molecular flexibility index (Phi) is 3.95. The largest absolute Gasteiger partial charge is 0.271 e. The molecule has 1 unspecified atom stereocenters. The maximum absolute atomic E-state index is 5.67. The maximum Gasteiger partial charge on any atom is 0.0958 e. The Morgan fingerprint density at radius 1 is 1.21 bits per heavy atom. The predicted molar refractivity (Wildman–Crippen MR) is 85.4 cm³/mol. The van der Waals surface area contributed by atoms with Crippen molar-refractivity contribution in [1.82, 2.24) is 10.4 Å². The highest BCUT2D eigenvalue weighted by atomic mass is 79.9. The van der Waals surface area contributed by atoms with Crippen LogP contribution in [0.5, 0.6) is 0 Å². The molecule has 98 valence electrons. The van der Waals surface area contributed by atoms with Crippen molar-refractivity contribution < 1.29 is 0 Å². The van der Waals surface area contributed by atoms with Gasteiger partial charge in [0.15, 0.2) is 0 Å². The van der Waals surface area contributed by atoms with E-state index in [0.29, 0.717) is 0 Å². The number of fused-ring (bicyclic) bond motifs is 1. The number of benzene rings is 1. The summed E-state index contributed by atoms with van der Waals surface area (Å²) in [5.74, 6) is 5.67. The van der Waals surface area contributed by atoms with Gasteiger partial charge in [-0.2, -0.15) is 0 Å². The summed E-state index contributed by atoms with van der Waals surface area (Å²) in [6.07, 6.45) is 0.808. The third-order valence-electron chi connectivity index (χ3n) is 2.86. The second-order valence-electron chi connectivity index (χ2n) is 4.14. The fourth-order valence-electron chi connectivity index (χ4n) is 1.94. The lowest BCUT2D eigenvalue weighted by molar-refractivity contribution is 0.560. The van der Waals surface area contributed by atoms with Crippen molar-refractivity contribution in [2.24, 2.45) is 5.84 Å². The zero-order valence-corrected chi connectivity index (χ0v) is 13.2. The zero-order chi connectivity index (χ0) is 13.2. The Bertz CT molecular complexity index is 659. The van der Waals surface area contributed by atoms with Crippen molar-refractivity contribution in [3.05, 3.63) is 50.1 Å². The number of hydrazine groups is 1. The number of para-hydroxylation sites is 1. The highest BCUT2D eigenvalue weighted by Crippen LogP contribution is 2.31. The Balaban J connectivity index is 1.86. The van der Waals surface area contributed by atoms with Gasteiger partial charge in [0.1, 0.15) is 0 Å². The minimum absolute atomic E-state index is 0.108. The second-order valence-corrected chi connectivity index (χ2v) is 7.75. The number of hydrogen-bond acceptors (Lipinski definition) is 5. The lowest BCUT2D eigenvalue weighted by atomic mass is 10.2. The first-order valence-corrected chi connectivity index (χ1v) is 8.24. The molecule has 0 radical (unpaired) electrons. The highest BCUT2D eigenvalue weighted by Gasteiger charge is 2.15. The molecule has 0 aliphatic rings. The maximum atomic E-state index is 5.67. The quantitative estimate of drug-likeness (QED) is 0.552. The van der Waals surface area contributed by atoms with Gasteiger partial charge >= 0.3 is 0 Å². The first kappa shape index (κ1) is 13.2. The summed E-state index contributed by atoms with van der Waals surface area (Å²) >= 11 is 6.91. The fourth-order valence-corrected chi connectivity index (χ4v) is 4.44. The van der Waals surface area contributed by atoms with Gasteiger partial charge in [0.2, 0.25) is 0 Å². The topological polar surface area (TPSA) is 50.9 Å². The van der Waals surface area contributed by atoms with Crippen LogP contribution in [0.3, 0.4) is 0 Å². The molecule has 0 saturated heterocycles. The van der Waals surface area contributed by atoms with E-state index in [0.717, 1.165) is 20.7 Å². The number of nitrogens with two attached hydrogens (primary N) is 1. The van der Waals surface area contributed by atoms with E-state index < -0.39 is 0 Å². The number of nitrogens with one attached hydrogen (secondary N) is 1. The van der Waals surface area contributed by atoms with E-state index >= 15 is 0 Å². The third-order valence-corrected chi connectivity index (χ3v) is 5.65. The summed E-state index contributed by atoms with van der Waals surface area (Å²) in [6, 6.07) is 12.4. The van der Waals surface area contributed by atoms with Gasteiger partial charge in [-0.05, 0) is 40.2 Å².